The first-order valence-corrected chi connectivity index (χ1v) is 12.2. The predicted molar refractivity (Wildman–Crippen MR) is 132 cm³/mol. The minimum atomic E-state index is -0.171. The van der Waals surface area contributed by atoms with Crippen LogP contribution in [0.3, 0.4) is 0 Å². The number of anilines is 2. The third kappa shape index (κ3) is 4.25. The summed E-state index contributed by atoms with van der Waals surface area (Å²) < 4.78 is 11.7. The standard InChI is InChI=1S/C25H30N4O3S/c1-14-8-9-29(12-21(14)31-3)18-6-5-16-10-17(13-32-20(16)11-18)28-24(30)23-22(26)19-7-4-15(2)27-25(19)33-23/h4-7,11,14,17,21H,8-10,12-13,26H2,1-3H3,(H,28,30)/t14-,17-,21-/m1/s1. The molecule has 33 heavy (non-hydrogen) atoms. The molecule has 174 valence electrons. The smallest absolute Gasteiger partial charge is 0.263 e. The predicted octanol–water partition coefficient (Wildman–Crippen LogP) is 3.78. The molecule has 3 aromatic rings. The highest BCUT2D eigenvalue weighted by Gasteiger charge is 2.28. The summed E-state index contributed by atoms with van der Waals surface area (Å²) in [5, 5.41) is 3.93. The number of amides is 1. The second-order valence-electron chi connectivity index (χ2n) is 9.11. The Bertz CT molecular complexity index is 1190. The molecule has 1 fully saturated rings. The van der Waals surface area contributed by atoms with Crippen molar-refractivity contribution in [2.75, 3.05) is 37.4 Å². The van der Waals surface area contributed by atoms with Crippen LogP contribution < -0.4 is 20.7 Å². The van der Waals surface area contributed by atoms with Crippen molar-refractivity contribution in [1.29, 1.82) is 0 Å². The lowest BCUT2D eigenvalue weighted by atomic mass is 9.95. The highest BCUT2D eigenvalue weighted by Crippen LogP contribution is 2.34. The highest BCUT2D eigenvalue weighted by atomic mass is 32.1. The molecule has 0 saturated carbocycles. The number of hydrogen-bond donors (Lipinski definition) is 2. The molecule has 1 aromatic carbocycles. The molecule has 0 bridgehead atoms. The van der Waals surface area contributed by atoms with Gasteiger partial charge >= 0.3 is 0 Å². The average Bonchev–Trinajstić information content (AvgIpc) is 3.14. The second kappa shape index (κ2) is 8.83. The number of piperidine rings is 1. The maximum Gasteiger partial charge on any atom is 0.263 e. The molecule has 1 saturated heterocycles. The van der Waals surface area contributed by atoms with Gasteiger partial charge in [-0.1, -0.05) is 13.0 Å². The number of aryl methyl sites for hydroxylation is 1. The zero-order chi connectivity index (χ0) is 23.1. The van der Waals surface area contributed by atoms with Crippen molar-refractivity contribution in [2.45, 2.75) is 38.8 Å². The van der Waals surface area contributed by atoms with E-state index in [0.29, 0.717) is 23.1 Å². The molecule has 0 spiro atoms. The number of nitrogens with one attached hydrogen (secondary N) is 1. The Hall–Kier alpha value is -2.84. The molecule has 3 atom stereocenters. The van der Waals surface area contributed by atoms with Gasteiger partial charge in [-0.25, -0.2) is 4.98 Å². The molecule has 7 nitrogen and oxygen atoms in total. The Morgan fingerprint density at radius 2 is 2.18 bits per heavy atom. The van der Waals surface area contributed by atoms with Crippen LogP contribution in [0.25, 0.3) is 10.2 Å². The number of nitrogens with zero attached hydrogens (tertiary/aromatic N) is 2. The summed E-state index contributed by atoms with van der Waals surface area (Å²) in [6, 6.07) is 10.1. The van der Waals surface area contributed by atoms with Crippen LogP contribution >= 0.6 is 11.3 Å². The zero-order valence-electron chi connectivity index (χ0n) is 19.3. The van der Waals surface area contributed by atoms with Gasteiger partial charge in [0.1, 0.15) is 22.1 Å². The second-order valence-corrected chi connectivity index (χ2v) is 10.1. The van der Waals surface area contributed by atoms with E-state index in [4.69, 9.17) is 15.2 Å². The van der Waals surface area contributed by atoms with E-state index in [2.05, 4.69) is 40.3 Å². The molecule has 4 heterocycles. The van der Waals surface area contributed by atoms with Gasteiger partial charge in [0.05, 0.1) is 17.8 Å². The number of carbonyl (C=O) groups excluding carboxylic acids is 1. The summed E-state index contributed by atoms with van der Waals surface area (Å²) in [7, 11) is 1.79. The Morgan fingerprint density at radius 3 is 3.00 bits per heavy atom. The molecule has 2 aliphatic heterocycles. The van der Waals surface area contributed by atoms with Crippen molar-refractivity contribution in [3.05, 3.63) is 46.5 Å². The number of methoxy groups -OCH3 is 1. The number of rotatable bonds is 4. The quantitative estimate of drug-likeness (QED) is 0.608. The Morgan fingerprint density at radius 1 is 1.33 bits per heavy atom. The molecule has 1 amide bonds. The molecule has 0 unspecified atom stereocenters. The van der Waals surface area contributed by atoms with Gasteiger partial charge in [0.15, 0.2) is 0 Å². The summed E-state index contributed by atoms with van der Waals surface area (Å²) in [6.45, 7) is 6.52. The van der Waals surface area contributed by atoms with Gasteiger partial charge in [-0.05, 0) is 49.4 Å². The lowest BCUT2D eigenvalue weighted by Crippen LogP contribution is -2.44. The molecule has 2 aliphatic rings. The number of carbonyl (C=O) groups is 1. The fraction of sp³-hybridized carbons (Fsp3) is 0.440. The van der Waals surface area contributed by atoms with E-state index in [9.17, 15) is 4.79 Å². The molecule has 2 aromatic heterocycles. The summed E-state index contributed by atoms with van der Waals surface area (Å²) >= 11 is 1.34. The normalized spacial score (nSPS) is 22.6. The lowest BCUT2D eigenvalue weighted by molar-refractivity contribution is 0.0498. The lowest BCUT2D eigenvalue weighted by Gasteiger charge is -2.38. The van der Waals surface area contributed by atoms with E-state index in [-0.39, 0.29) is 18.1 Å². The first-order valence-electron chi connectivity index (χ1n) is 11.4. The van der Waals surface area contributed by atoms with Crippen LogP contribution in [0.5, 0.6) is 5.75 Å². The minimum Gasteiger partial charge on any atom is -0.491 e. The number of thiophene rings is 1. The molecule has 5 rings (SSSR count). The van der Waals surface area contributed by atoms with E-state index >= 15 is 0 Å². The molecular weight excluding hydrogens is 436 g/mol. The van der Waals surface area contributed by atoms with Crippen LogP contribution in [-0.2, 0) is 11.2 Å². The number of fused-ring (bicyclic) bond motifs is 2. The van der Waals surface area contributed by atoms with Crippen molar-refractivity contribution < 1.29 is 14.3 Å². The van der Waals surface area contributed by atoms with Crippen LogP contribution in [0.4, 0.5) is 11.4 Å². The molecule has 3 N–H and O–H groups in total. The van der Waals surface area contributed by atoms with Crippen molar-refractivity contribution >= 4 is 38.8 Å². The van der Waals surface area contributed by atoms with Crippen molar-refractivity contribution in [3.8, 4) is 5.75 Å². The molecule has 0 radical (unpaired) electrons. The summed E-state index contributed by atoms with van der Waals surface area (Å²) in [4.78, 5) is 21.1. The largest absolute Gasteiger partial charge is 0.491 e. The van der Waals surface area contributed by atoms with Crippen LogP contribution in [0.1, 0.15) is 34.3 Å². The highest BCUT2D eigenvalue weighted by molar-refractivity contribution is 7.21. The molecule has 8 heteroatoms. The zero-order valence-corrected chi connectivity index (χ0v) is 20.1. The van der Waals surface area contributed by atoms with Crippen LogP contribution in [0.15, 0.2) is 30.3 Å². The van der Waals surface area contributed by atoms with Crippen molar-refractivity contribution in [1.82, 2.24) is 10.3 Å². The maximum absolute atomic E-state index is 13.0. The van der Waals surface area contributed by atoms with E-state index < -0.39 is 0 Å². The fourth-order valence-electron chi connectivity index (χ4n) is 4.73. The van der Waals surface area contributed by atoms with Crippen LogP contribution in [-0.4, -0.2) is 49.8 Å². The summed E-state index contributed by atoms with van der Waals surface area (Å²) in [5.41, 5.74) is 9.91. The van der Waals surface area contributed by atoms with E-state index in [1.54, 1.807) is 7.11 Å². The number of aromatic nitrogens is 1. The van der Waals surface area contributed by atoms with Gasteiger partial charge in [0.25, 0.3) is 5.91 Å². The molecular formula is C25H30N4O3S. The number of ether oxygens (including phenoxy) is 2. The van der Waals surface area contributed by atoms with E-state index in [1.807, 2.05) is 19.1 Å². The topological polar surface area (TPSA) is 89.7 Å². The Kier molecular flexibility index (Phi) is 5.88. The van der Waals surface area contributed by atoms with Crippen molar-refractivity contribution in [2.24, 2.45) is 5.92 Å². The van der Waals surface area contributed by atoms with Gasteiger partial charge in [0, 0.05) is 43.0 Å². The fourth-order valence-corrected chi connectivity index (χ4v) is 5.78. The minimum absolute atomic E-state index is 0.108. The Labute approximate surface area is 197 Å². The van der Waals surface area contributed by atoms with Crippen molar-refractivity contribution in [3.63, 3.8) is 0 Å². The van der Waals surface area contributed by atoms with Gasteiger partial charge in [-0.3, -0.25) is 4.79 Å². The maximum atomic E-state index is 13.0. The number of nitrogens with two attached hydrogens (primary N) is 1. The van der Waals surface area contributed by atoms with Gasteiger partial charge in [-0.15, -0.1) is 11.3 Å². The van der Waals surface area contributed by atoms with Gasteiger partial charge < -0.3 is 25.4 Å². The van der Waals surface area contributed by atoms with Crippen LogP contribution in [0, 0.1) is 12.8 Å². The van der Waals surface area contributed by atoms with Crippen LogP contribution in [0.2, 0.25) is 0 Å². The van der Waals surface area contributed by atoms with E-state index in [1.165, 1.54) is 11.3 Å². The first kappa shape index (κ1) is 22.0. The third-order valence-corrected chi connectivity index (χ3v) is 7.90. The SMILES string of the molecule is CO[C@@H]1CN(c2ccc3c(c2)OC[C@H](NC(=O)c2sc4nc(C)ccc4c2N)C3)CC[C@H]1C. The molecule has 0 aliphatic carbocycles. The monoisotopic (exact) mass is 466 g/mol. The summed E-state index contributed by atoms with van der Waals surface area (Å²) in [6.07, 6.45) is 2.08. The average molecular weight is 467 g/mol. The summed E-state index contributed by atoms with van der Waals surface area (Å²) in [5.74, 6) is 1.29. The van der Waals surface area contributed by atoms with Gasteiger partial charge in [-0.2, -0.15) is 0 Å². The number of pyridine rings is 1. The third-order valence-electron chi connectivity index (χ3n) is 6.79. The Balaban J connectivity index is 1.27. The number of nitrogen functional groups attached to an aromatic ring is 1. The first-order chi connectivity index (χ1) is 15.9. The van der Waals surface area contributed by atoms with Gasteiger partial charge in [0.2, 0.25) is 0 Å². The van der Waals surface area contributed by atoms with E-state index in [0.717, 1.165) is 58.8 Å². The number of benzene rings is 1. The number of hydrogen-bond acceptors (Lipinski definition) is 7.